The lowest BCUT2D eigenvalue weighted by molar-refractivity contribution is -0.137. The highest BCUT2D eigenvalue weighted by Gasteiger charge is 2.36. The van der Waals surface area contributed by atoms with Gasteiger partial charge in [0, 0.05) is 25.2 Å². The Labute approximate surface area is 114 Å². The fourth-order valence-corrected chi connectivity index (χ4v) is 2.76. The Balaban J connectivity index is 1.98. The Morgan fingerprint density at radius 3 is 2.58 bits per heavy atom. The molecular formula is C14H24N2O3. The van der Waals surface area contributed by atoms with Crippen molar-refractivity contribution in [3.05, 3.63) is 0 Å². The molecule has 1 heterocycles. The summed E-state index contributed by atoms with van der Waals surface area (Å²) in [5.41, 5.74) is 0. The summed E-state index contributed by atoms with van der Waals surface area (Å²) in [6, 6.07) is 0.613. The molecule has 1 aliphatic carbocycles. The molecule has 1 aliphatic heterocycles. The third-order valence-corrected chi connectivity index (χ3v) is 4.10. The molecule has 1 N–H and O–H groups in total. The summed E-state index contributed by atoms with van der Waals surface area (Å²) >= 11 is 0. The highest BCUT2D eigenvalue weighted by atomic mass is 16.4. The predicted octanol–water partition coefficient (Wildman–Crippen LogP) is 2.31. The normalized spacial score (nSPS) is 23.8. The molecule has 2 amide bonds. The number of amides is 2. The van der Waals surface area contributed by atoms with Crippen molar-refractivity contribution in [3.63, 3.8) is 0 Å². The maximum absolute atomic E-state index is 12.6. The van der Waals surface area contributed by atoms with Crippen LogP contribution in [-0.2, 0) is 4.79 Å². The molecule has 2 rings (SSSR count). The average molecular weight is 268 g/mol. The number of nitrogens with zero attached hydrogens (tertiary/aromatic N) is 2. The quantitative estimate of drug-likeness (QED) is 0.851. The van der Waals surface area contributed by atoms with E-state index in [2.05, 4.69) is 6.92 Å². The maximum Gasteiger partial charge on any atom is 0.320 e. The van der Waals surface area contributed by atoms with Gasteiger partial charge in [0.15, 0.2) is 0 Å². The summed E-state index contributed by atoms with van der Waals surface area (Å²) in [4.78, 5) is 27.1. The van der Waals surface area contributed by atoms with Crippen molar-refractivity contribution < 1.29 is 14.7 Å². The molecule has 1 atom stereocenters. The van der Waals surface area contributed by atoms with Gasteiger partial charge in [0.05, 0.1) is 6.42 Å². The number of urea groups is 1. The van der Waals surface area contributed by atoms with Crippen molar-refractivity contribution in [1.82, 2.24) is 9.80 Å². The van der Waals surface area contributed by atoms with Gasteiger partial charge in [0.2, 0.25) is 0 Å². The molecule has 0 bridgehead atoms. The number of rotatable bonds is 4. The molecule has 5 nitrogen and oxygen atoms in total. The van der Waals surface area contributed by atoms with E-state index in [-0.39, 0.29) is 24.5 Å². The van der Waals surface area contributed by atoms with E-state index in [0.717, 1.165) is 32.2 Å². The molecule has 0 spiro atoms. The van der Waals surface area contributed by atoms with Gasteiger partial charge in [0.25, 0.3) is 0 Å². The van der Waals surface area contributed by atoms with Crippen molar-refractivity contribution in [2.24, 2.45) is 0 Å². The van der Waals surface area contributed by atoms with E-state index in [1.165, 1.54) is 12.8 Å². The average Bonchev–Trinajstić information content (AvgIpc) is 3.17. The van der Waals surface area contributed by atoms with E-state index in [9.17, 15) is 9.59 Å². The van der Waals surface area contributed by atoms with Gasteiger partial charge in [-0.25, -0.2) is 4.79 Å². The van der Waals surface area contributed by atoms with E-state index in [0.29, 0.717) is 6.54 Å². The van der Waals surface area contributed by atoms with Gasteiger partial charge in [-0.2, -0.15) is 0 Å². The van der Waals surface area contributed by atoms with Crippen molar-refractivity contribution >= 4 is 12.0 Å². The first-order valence-corrected chi connectivity index (χ1v) is 7.38. The third-order valence-electron chi connectivity index (χ3n) is 4.10. The molecular weight excluding hydrogens is 244 g/mol. The SMILES string of the molecule is CC1CCCCCN1C(=O)N(CCC(=O)O)C1CC1. The van der Waals surface area contributed by atoms with Crippen LogP contribution in [0.1, 0.15) is 51.9 Å². The third kappa shape index (κ3) is 3.85. The zero-order valence-corrected chi connectivity index (χ0v) is 11.7. The van der Waals surface area contributed by atoms with Gasteiger partial charge in [0.1, 0.15) is 0 Å². The van der Waals surface area contributed by atoms with Gasteiger partial charge in [-0.15, -0.1) is 0 Å². The second-order valence-electron chi connectivity index (χ2n) is 5.74. The number of hydrogen-bond donors (Lipinski definition) is 1. The van der Waals surface area contributed by atoms with Gasteiger partial charge >= 0.3 is 12.0 Å². The summed E-state index contributed by atoms with van der Waals surface area (Å²) in [5.74, 6) is -0.831. The van der Waals surface area contributed by atoms with Crippen molar-refractivity contribution in [2.75, 3.05) is 13.1 Å². The lowest BCUT2D eigenvalue weighted by Crippen LogP contribution is -2.48. The topological polar surface area (TPSA) is 60.9 Å². The summed E-state index contributed by atoms with van der Waals surface area (Å²) in [7, 11) is 0. The first kappa shape index (κ1) is 14.2. The van der Waals surface area contributed by atoms with Gasteiger partial charge in [-0.1, -0.05) is 12.8 Å². The van der Waals surface area contributed by atoms with E-state index < -0.39 is 5.97 Å². The summed E-state index contributed by atoms with van der Waals surface area (Å²) in [6.45, 7) is 3.27. The highest BCUT2D eigenvalue weighted by molar-refractivity contribution is 5.76. The Morgan fingerprint density at radius 2 is 1.95 bits per heavy atom. The van der Waals surface area contributed by atoms with Crippen molar-refractivity contribution in [2.45, 2.75) is 64.0 Å². The molecule has 0 aromatic carbocycles. The molecule has 108 valence electrons. The predicted molar refractivity (Wildman–Crippen MR) is 72.0 cm³/mol. The van der Waals surface area contributed by atoms with Crippen LogP contribution in [0.3, 0.4) is 0 Å². The highest BCUT2D eigenvalue weighted by Crippen LogP contribution is 2.29. The first-order valence-electron chi connectivity index (χ1n) is 7.38. The van der Waals surface area contributed by atoms with Crippen LogP contribution >= 0.6 is 0 Å². The molecule has 0 aromatic rings. The minimum Gasteiger partial charge on any atom is -0.481 e. The number of carboxylic acid groups (broad SMARTS) is 1. The Kier molecular flexibility index (Phi) is 4.66. The van der Waals surface area contributed by atoms with Crippen LogP contribution in [0.25, 0.3) is 0 Å². The van der Waals surface area contributed by atoms with Gasteiger partial charge in [-0.05, 0) is 32.6 Å². The number of hydrogen-bond acceptors (Lipinski definition) is 2. The van der Waals surface area contributed by atoms with Crippen LogP contribution in [0.4, 0.5) is 4.79 Å². The van der Waals surface area contributed by atoms with Crippen molar-refractivity contribution in [1.29, 1.82) is 0 Å². The van der Waals surface area contributed by atoms with Crippen LogP contribution in [0, 0.1) is 0 Å². The van der Waals surface area contributed by atoms with Crippen LogP contribution in [0.2, 0.25) is 0 Å². The fraction of sp³-hybridized carbons (Fsp3) is 0.857. The molecule has 5 heteroatoms. The van der Waals surface area contributed by atoms with Crippen LogP contribution in [-0.4, -0.2) is 52.1 Å². The monoisotopic (exact) mass is 268 g/mol. The Morgan fingerprint density at radius 1 is 1.21 bits per heavy atom. The Bertz CT molecular complexity index is 342. The van der Waals surface area contributed by atoms with Crippen LogP contribution in [0.15, 0.2) is 0 Å². The number of likely N-dealkylation sites (tertiary alicyclic amines) is 1. The molecule has 1 saturated carbocycles. The number of carbonyl (C=O) groups excluding carboxylic acids is 1. The molecule has 1 unspecified atom stereocenters. The lowest BCUT2D eigenvalue weighted by Gasteiger charge is -2.33. The van der Waals surface area contributed by atoms with Gasteiger partial charge in [-0.3, -0.25) is 4.79 Å². The maximum atomic E-state index is 12.6. The molecule has 0 aromatic heterocycles. The second kappa shape index (κ2) is 6.26. The van der Waals surface area contributed by atoms with E-state index in [1.54, 1.807) is 4.90 Å². The van der Waals surface area contributed by atoms with Crippen LogP contribution in [0.5, 0.6) is 0 Å². The summed E-state index contributed by atoms with van der Waals surface area (Å²) < 4.78 is 0. The standard InChI is InChI=1S/C14H24N2O3/c1-11-5-3-2-4-9-15(11)14(19)16(12-6-7-12)10-8-13(17)18/h11-12H,2-10H2,1H3,(H,17,18). The minimum atomic E-state index is -0.831. The summed E-state index contributed by atoms with van der Waals surface area (Å²) in [5, 5.41) is 8.80. The molecule has 1 saturated heterocycles. The molecule has 2 fully saturated rings. The number of carbonyl (C=O) groups is 2. The first-order chi connectivity index (χ1) is 9.09. The van der Waals surface area contributed by atoms with Crippen molar-refractivity contribution in [3.8, 4) is 0 Å². The largest absolute Gasteiger partial charge is 0.481 e. The summed E-state index contributed by atoms with van der Waals surface area (Å²) in [6.07, 6.45) is 6.58. The van der Waals surface area contributed by atoms with E-state index in [1.807, 2.05) is 4.90 Å². The minimum absolute atomic E-state index is 0.0461. The zero-order chi connectivity index (χ0) is 13.8. The fourth-order valence-electron chi connectivity index (χ4n) is 2.76. The lowest BCUT2D eigenvalue weighted by atomic mass is 10.1. The Hall–Kier alpha value is -1.26. The zero-order valence-electron chi connectivity index (χ0n) is 11.7. The van der Waals surface area contributed by atoms with E-state index >= 15 is 0 Å². The van der Waals surface area contributed by atoms with E-state index in [4.69, 9.17) is 5.11 Å². The van der Waals surface area contributed by atoms with Crippen LogP contribution < -0.4 is 0 Å². The molecule has 19 heavy (non-hydrogen) atoms. The molecule has 2 aliphatic rings. The second-order valence-corrected chi connectivity index (χ2v) is 5.74. The molecule has 0 radical (unpaired) electrons. The smallest absolute Gasteiger partial charge is 0.320 e. The number of carboxylic acids is 1. The van der Waals surface area contributed by atoms with Gasteiger partial charge < -0.3 is 14.9 Å². The number of aliphatic carboxylic acids is 1.